The molecule has 1 aromatic carbocycles. The summed E-state index contributed by atoms with van der Waals surface area (Å²) in [6, 6.07) is 8.38. The second kappa shape index (κ2) is 5.34. The molecule has 8 heteroatoms. The van der Waals surface area contributed by atoms with Gasteiger partial charge >= 0.3 is 6.01 Å². The van der Waals surface area contributed by atoms with E-state index in [2.05, 4.69) is 9.36 Å². The zero-order valence-electron chi connectivity index (χ0n) is 9.90. The van der Waals surface area contributed by atoms with Gasteiger partial charge in [-0.3, -0.25) is 0 Å². The molecular formula is C11H9N3O3S2. The number of hydrogen-bond donors (Lipinski definition) is 0. The molecule has 2 aromatic rings. The van der Waals surface area contributed by atoms with Gasteiger partial charge in [0.25, 0.3) is 0 Å². The number of ether oxygens (including phenoxy) is 1. The zero-order valence-corrected chi connectivity index (χ0v) is 11.5. The predicted molar refractivity (Wildman–Crippen MR) is 68.5 cm³/mol. The third kappa shape index (κ3) is 3.07. The molecule has 0 aliphatic heterocycles. The normalized spacial score (nSPS) is 10.9. The summed E-state index contributed by atoms with van der Waals surface area (Å²) in [6.45, 7) is 0. The molecule has 2 rings (SSSR count). The largest absolute Gasteiger partial charge is 0.466 e. The maximum atomic E-state index is 12.1. The molecule has 6 nitrogen and oxygen atoms in total. The molecule has 0 spiro atoms. The molecule has 0 saturated heterocycles. The third-order valence-electron chi connectivity index (χ3n) is 2.28. The van der Waals surface area contributed by atoms with Gasteiger partial charge in [-0.1, -0.05) is 12.1 Å². The monoisotopic (exact) mass is 295 g/mol. The lowest BCUT2D eigenvalue weighted by Crippen LogP contribution is -2.04. The number of methoxy groups -OCH3 is 1. The number of nitriles is 1. The third-order valence-corrected chi connectivity index (χ3v) is 5.09. The van der Waals surface area contributed by atoms with Gasteiger partial charge in [-0.2, -0.15) is 10.2 Å². The standard InChI is InChI=1S/C11H9N3O3S2/c1-17-10-13-11(18-14-10)19(15,16)7-9-4-2-8(6-12)3-5-9/h2-5H,7H2,1H3. The number of aromatic nitrogens is 2. The van der Waals surface area contributed by atoms with Crippen molar-refractivity contribution in [1.29, 1.82) is 5.26 Å². The summed E-state index contributed by atoms with van der Waals surface area (Å²) >= 11 is 0.782. The Balaban J connectivity index is 2.23. The lowest BCUT2D eigenvalue weighted by Gasteiger charge is -2.00. The lowest BCUT2D eigenvalue weighted by atomic mass is 10.2. The van der Waals surface area contributed by atoms with E-state index in [1.165, 1.54) is 7.11 Å². The number of hydrogen-bond acceptors (Lipinski definition) is 7. The molecule has 19 heavy (non-hydrogen) atoms. The van der Waals surface area contributed by atoms with Crippen LogP contribution in [0.3, 0.4) is 0 Å². The maximum absolute atomic E-state index is 12.1. The minimum atomic E-state index is -3.54. The van der Waals surface area contributed by atoms with E-state index in [9.17, 15) is 8.42 Å². The van der Waals surface area contributed by atoms with E-state index in [0.29, 0.717) is 11.1 Å². The lowest BCUT2D eigenvalue weighted by molar-refractivity contribution is 0.383. The minimum absolute atomic E-state index is 0.0448. The predicted octanol–water partition coefficient (Wildman–Crippen LogP) is 1.39. The van der Waals surface area contributed by atoms with Crippen molar-refractivity contribution < 1.29 is 13.2 Å². The fourth-order valence-electron chi connectivity index (χ4n) is 1.36. The molecule has 0 atom stereocenters. The van der Waals surface area contributed by atoms with Crippen LogP contribution in [0.2, 0.25) is 0 Å². The van der Waals surface area contributed by atoms with Crippen LogP contribution in [0.1, 0.15) is 11.1 Å². The molecule has 1 aromatic heterocycles. The highest BCUT2D eigenvalue weighted by atomic mass is 32.2. The Morgan fingerprint density at radius 1 is 1.37 bits per heavy atom. The molecule has 0 aliphatic carbocycles. The average molecular weight is 295 g/mol. The van der Waals surface area contributed by atoms with Crippen LogP contribution in [-0.2, 0) is 15.6 Å². The topological polar surface area (TPSA) is 92.9 Å². The van der Waals surface area contributed by atoms with Crippen LogP contribution >= 0.6 is 11.5 Å². The van der Waals surface area contributed by atoms with Crippen molar-refractivity contribution in [1.82, 2.24) is 9.36 Å². The van der Waals surface area contributed by atoms with E-state index in [4.69, 9.17) is 10.00 Å². The van der Waals surface area contributed by atoms with Crippen LogP contribution < -0.4 is 4.74 Å². The summed E-state index contributed by atoms with van der Waals surface area (Å²) in [4.78, 5) is 3.78. The van der Waals surface area contributed by atoms with Gasteiger partial charge in [-0.15, -0.1) is 4.37 Å². The minimum Gasteiger partial charge on any atom is -0.466 e. The van der Waals surface area contributed by atoms with Crippen molar-refractivity contribution in [3.05, 3.63) is 35.4 Å². The Morgan fingerprint density at radius 2 is 2.05 bits per heavy atom. The van der Waals surface area contributed by atoms with Crippen LogP contribution in [0.25, 0.3) is 0 Å². The zero-order chi connectivity index (χ0) is 13.9. The summed E-state index contributed by atoms with van der Waals surface area (Å²) in [5, 5.41) is 8.67. The van der Waals surface area contributed by atoms with Gasteiger partial charge in [0.1, 0.15) is 0 Å². The summed E-state index contributed by atoms with van der Waals surface area (Å²) in [7, 11) is -2.17. The summed E-state index contributed by atoms with van der Waals surface area (Å²) in [5.41, 5.74) is 1.08. The first kappa shape index (κ1) is 13.5. The Labute approximate surface area is 114 Å². The molecular weight excluding hydrogens is 286 g/mol. The summed E-state index contributed by atoms with van der Waals surface area (Å²) in [5.74, 6) is -0.183. The van der Waals surface area contributed by atoms with E-state index in [-0.39, 0.29) is 16.1 Å². The number of sulfone groups is 1. The van der Waals surface area contributed by atoms with E-state index in [0.717, 1.165) is 11.5 Å². The van der Waals surface area contributed by atoms with Gasteiger partial charge in [0.05, 0.1) is 24.5 Å². The van der Waals surface area contributed by atoms with Gasteiger partial charge in [0, 0.05) is 11.5 Å². The molecule has 0 radical (unpaired) electrons. The average Bonchev–Trinajstić information content (AvgIpc) is 2.89. The fourth-order valence-corrected chi connectivity index (χ4v) is 3.47. The van der Waals surface area contributed by atoms with Crippen molar-refractivity contribution >= 4 is 21.4 Å². The van der Waals surface area contributed by atoms with Crippen molar-refractivity contribution in [2.75, 3.05) is 7.11 Å². The van der Waals surface area contributed by atoms with Crippen LogP contribution in [0.5, 0.6) is 6.01 Å². The van der Waals surface area contributed by atoms with Gasteiger partial charge in [0.2, 0.25) is 14.2 Å². The molecule has 0 N–H and O–H groups in total. The Morgan fingerprint density at radius 3 is 2.58 bits per heavy atom. The highest BCUT2D eigenvalue weighted by Gasteiger charge is 2.21. The molecule has 0 unspecified atom stereocenters. The number of benzene rings is 1. The second-order valence-electron chi connectivity index (χ2n) is 3.61. The van der Waals surface area contributed by atoms with Crippen LogP contribution in [0.15, 0.2) is 28.6 Å². The van der Waals surface area contributed by atoms with Gasteiger partial charge in [0.15, 0.2) is 0 Å². The first-order valence-corrected chi connectivity index (χ1v) is 7.57. The summed E-state index contributed by atoms with van der Waals surface area (Å²) < 4.78 is 32.6. The first-order valence-electron chi connectivity index (χ1n) is 5.14. The van der Waals surface area contributed by atoms with E-state index >= 15 is 0 Å². The Kier molecular flexibility index (Phi) is 3.78. The molecule has 0 aliphatic rings. The molecule has 0 bridgehead atoms. The van der Waals surface area contributed by atoms with E-state index in [1.54, 1.807) is 24.3 Å². The smallest absolute Gasteiger partial charge is 0.329 e. The SMILES string of the molecule is COc1nsc(S(=O)(=O)Cc2ccc(C#N)cc2)n1. The molecule has 1 heterocycles. The molecule has 0 amide bonds. The van der Waals surface area contributed by atoms with Crippen molar-refractivity contribution in [3.8, 4) is 12.1 Å². The second-order valence-corrected chi connectivity index (χ2v) is 6.53. The quantitative estimate of drug-likeness (QED) is 0.846. The highest BCUT2D eigenvalue weighted by molar-refractivity contribution is 7.92. The van der Waals surface area contributed by atoms with Gasteiger partial charge in [-0.05, 0) is 17.7 Å². The van der Waals surface area contributed by atoms with E-state index < -0.39 is 9.84 Å². The fraction of sp³-hybridized carbons (Fsp3) is 0.182. The first-order chi connectivity index (χ1) is 9.05. The molecule has 98 valence electrons. The Bertz CT molecular complexity index is 714. The van der Waals surface area contributed by atoms with Crippen molar-refractivity contribution in [2.24, 2.45) is 0 Å². The highest BCUT2D eigenvalue weighted by Crippen LogP contribution is 2.20. The van der Waals surface area contributed by atoms with Crippen LogP contribution in [0, 0.1) is 11.3 Å². The molecule has 0 saturated carbocycles. The Hall–Kier alpha value is -1.98. The number of nitrogens with zero attached hydrogens (tertiary/aromatic N) is 3. The van der Waals surface area contributed by atoms with Crippen molar-refractivity contribution in [2.45, 2.75) is 10.1 Å². The van der Waals surface area contributed by atoms with Crippen LogP contribution in [0.4, 0.5) is 0 Å². The van der Waals surface area contributed by atoms with Crippen molar-refractivity contribution in [3.63, 3.8) is 0 Å². The van der Waals surface area contributed by atoms with E-state index in [1.807, 2.05) is 6.07 Å². The summed E-state index contributed by atoms with van der Waals surface area (Å²) in [6.07, 6.45) is 0. The number of rotatable bonds is 4. The van der Waals surface area contributed by atoms with Gasteiger partial charge in [-0.25, -0.2) is 8.42 Å². The maximum Gasteiger partial charge on any atom is 0.329 e. The van der Waals surface area contributed by atoms with Crippen LogP contribution in [-0.4, -0.2) is 24.9 Å². The van der Waals surface area contributed by atoms with Gasteiger partial charge < -0.3 is 4.74 Å². The molecule has 0 fully saturated rings.